The maximum Gasteiger partial charge on any atom is 0.433 e. The summed E-state index contributed by atoms with van der Waals surface area (Å²) in [4.78, 5) is 26.8. The van der Waals surface area contributed by atoms with Gasteiger partial charge in [0.05, 0.1) is 41.4 Å². The Labute approximate surface area is 250 Å². The van der Waals surface area contributed by atoms with Crippen LogP contribution in [0.15, 0.2) is 18.3 Å². The SMILES string of the molecule is CC1CC(n2ncc(C(=O)N(CC(O)c3c(Cl)ccc(F)c3Cl)C3C[C@@H]4[C@H](C3)C4(C)C)c2C(F)(F)F)CCC1C(=O)O. The van der Waals surface area contributed by atoms with E-state index < -0.39 is 70.8 Å². The number of carboxylic acids is 1. The number of aromatic nitrogens is 2. The summed E-state index contributed by atoms with van der Waals surface area (Å²) in [5.74, 6) is -3.25. The molecule has 0 spiro atoms. The fraction of sp³-hybridized carbons (Fsp3) is 0.621. The zero-order chi connectivity index (χ0) is 30.9. The summed E-state index contributed by atoms with van der Waals surface area (Å²) in [5.41, 5.74) is -1.94. The Kier molecular flexibility index (Phi) is 8.11. The molecule has 0 bridgehead atoms. The zero-order valence-corrected chi connectivity index (χ0v) is 24.8. The van der Waals surface area contributed by atoms with Crippen molar-refractivity contribution in [1.82, 2.24) is 14.7 Å². The molecule has 230 valence electrons. The average Bonchev–Trinajstić information content (AvgIpc) is 3.33. The highest BCUT2D eigenvalue weighted by Crippen LogP contribution is 2.67. The molecule has 3 saturated carbocycles. The van der Waals surface area contributed by atoms with E-state index in [0.717, 1.165) is 16.9 Å². The molecule has 3 fully saturated rings. The highest BCUT2D eigenvalue weighted by molar-refractivity contribution is 6.36. The van der Waals surface area contributed by atoms with E-state index in [-0.39, 0.29) is 53.0 Å². The number of carbonyl (C=O) groups excluding carboxylic acids is 1. The Hall–Kier alpha value is -2.37. The predicted molar refractivity (Wildman–Crippen MR) is 147 cm³/mol. The van der Waals surface area contributed by atoms with Crippen LogP contribution in [0.25, 0.3) is 0 Å². The van der Waals surface area contributed by atoms with Gasteiger partial charge in [-0.2, -0.15) is 18.3 Å². The zero-order valence-electron chi connectivity index (χ0n) is 23.3. The number of hydrogen-bond donors (Lipinski definition) is 2. The van der Waals surface area contributed by atoms with Gasteiger partial charge in [0, 0.05) is 16.6 Å². The second kappa shape index (κ2) is 11.0. The first kappa shape index (κ1) is 31.1. The van der Waals surface area contributed by atoms with Crippen molar-refractivity contribution in [3.8, 4) is 0 Å². The van der Waals surface area contributed by atoms with Crippen LogP contribution < -0.4 is 0 Å². The molecular weight excluding hydrogens is 601 g/mol. The molecule has 2 N–H and O–H groups in total. The van der Waals surface area contributed by atoms with Crippen molar-refractivity contribution < 1.29 is 37.4 Å². The number of fused-ring (bicyclic) bond motifs is 1. The molecule has 1 aromatic carbocycles. The van der Waals surface area contributed by atoms with Gasteiger partial charge in [-0.1, -0.05) is 44.0 Å². The summed E-state index contributed by atoms with van der Waals surface area (Å²) in [5, 5.41) is 24.1. The number of aliphatic hydroxyl groups is 1. The van der Waals surface area contributed by atoms with Crippen molar-refractivity contribution >= 4 is 35.1 Å². The number of aliphatic hydroxyl groups excluding tert-OH is 1. The first-order valence-electron chi connectivity index (χ1n) is 14.0. The number of alkyl halides is 3. The summed E-state index contributed by atoms with van der Waals surface area (Å²) in [7, 11) is 0. The quantitative estimate of drug-likeness (QED) is 0.252. The Bertz CT molecular complexity index is 1380. The first-order valence-corrected chi connectivity index (χ1v) is 14.8. The smallest absolute Gasteiger partial charge is 0.433 e. The van der Waals surface area contributed by atoms with Crippen molar-refractivity contribution in [3.63, 3.8) is 0 Å². The van der Waals surface area contributed by atoms with Crippen molar-refractivity contribution in [3.05, 3.63) is 51.0 Å². The number of rotatable bonds is 7. The minimum absolute atomic E-state index is 0.0356. The molecule has 0 saturated heterocycles. The molecule has 2 aromatic rings. The third kappa shape index (κ3) is 5.41. The summed E-state index contributed by atoms with van der Waals surface area (Å²) in [6.07, 6.45) is -3.98. The molecule has 5 unspecified atom stereocenters. The minimum Gasteiger partial charge on any atom is -0.481 e. The maximum absolute atomic E-state index is 14.6. The maximum atomic E-state index is 14.6. The summed E-state index contributed by atoms with van der Waals surface area (Å²) in [6.45, 7) is 5.46. The van der Waals surface area contributed by atoms with Crippen LogP contribution in [0.1, 0.15) is 86.6 Å². The summed E-state index contributed by atoms with van der Waals surface area (Å²) >= 11 is 12.3. The lowest BCUT2D eigenvalue weighted by Gasteiger charge is -2.34. The van der Waals surface area contributed by atoms with Crippen LogP contribution in [0.3, 0.4) is 0 Å². The van der Waals surface area contributed by atoms with Crippen LogP contribution in [-0.4, -0.2) is 49.4 Å². The number of nitrogens with zero attached hydrogens (tertiary/aromatic N) is 3. The van der Waals surface area contributed by atoms with Gasteiger partial charge in [-0.05, 0) is 67.4 Å². The van der Waals surface area contributed by atoms with E-state index in [2.05, 4.69) is 18.9 Å². The number of amides is 1. The second-order valence-corrected chi connectivity index (χ2v) is 13.4. The lowest BCUT2D eigenvalue weighted by Crippen LogP contribution is -2.43. The molecule has 7 nitrogen and oxygen atoms in total. The van der Waals surface area contributed by atoms with Crippen LogP contribution in [0.2, 0.25) is 10.0 Å². The Balaban J connectivity index is 1.49. The molecular formula is C29H33Cl2F4N3O4. The highest BCUT2D eigenvalue weighted by atomic mass is 35.5. The van der Waals surface area contributed by atoms with Crippen LogP contribution in [0.5, 0.6) is 0 Å². The number of benzene rings is 1. The van der Waals surface area contributed by atoms with Gasteiger partial charge in [-0.15, -0.1) is 0 Å². The molecule has 13 heteroatoms. The number of halogens is 6. The number of aliphatic carboxylic acids is 1. The fourth-order valence-corrected chi connectivity index (χ4v) is 8.07. The molecule has 0 aliphatic heterocycles. The van der Waals surface area contributed by atoms with Crippen molar-refractivity contribution in [2.24, 2.45) is 29.1 Å². The Morgan fingerprint density at radius 3 is 2.38 bits per heavy atom. The number of hydrogen-bond acceptors (Lipinski definition) is 4. The van der Waals surface area contributed by atoms with Crippen molar-refractivity contribution in [1.29, 1.82) is 0 Å². The van der Waals surface area contributed by atoms with Gasteiger partial charge >= 0.3 is 12.1 Å². The van der Waals surface area contributed by atoms with E-state index in [1.54, 1.807) is 6.92 Å². The van der Waals surface area contributed by atoms with Gasteiger partial charge in [-0.3, -0.25) is 14.3 Å². The van der Waals surface area contributed by atoms with Gasteiger partial charge in [0.2, 0.25) is 0 Å². The third-order valence-corrected chi connectivity index (χ3v) is 10.6. The molecule has 1 amide bonds. The molecule has 0 radical (unpaired) electrons. The van der Waals surface area contributed by atoms with Crippen molar-refractivity contribution in [2.75, 3.05) is 6.54 Å². The van der Waals surface area contributed by atoms with E-state index >= 15 is 0 Å². The van der Waals surface area contributed by atoms with E-state index in [1.807, 2.05) is 0 Å². The first-order chi connectivity index (χ1) is 19.5. The molecule has 42 heavy (non-hydrogen) atoms. The molecule has 5 rings (SSSR count). The van der Waals surface area contributed by atoms with Crippen LogP contribution in [0.4, 0.5) is 17.6 Å². The monoisotopic (exact) mass is 633 g/mol. The number of carbonyl (C=O) groups is 2. The second-order valence-electron chi connectivity index (χ2n) is 12.6. The lowest BCUT2D eigenvalue weighted by molar-refractivity contribution is -0.149. The van der Waals surface area contributed by atoms with E-state index in [0.29, 0.717) is 12.8 Å². The average molecular weight is 634 g/mol. The largest absolute Gasteiger partial charge is 0.481 e. The van der Waals surface area contributed by atoms with Gasteiger partial charge in [0.25, 0.3) is 5.91 Å². The fourth-order valence-electron chi connectivity index (χ4n) is 7.44. The van der Waals surface area contributed by atoms with E-state index in [1.165, 1.54) is 11.0 Å². The van der Waals surface area contributed by atoms with Gasteiger partial charge in [-0.25, -0.2) is 4.39 Å². The lowest BCUT2D eigenvalue weighted by atomic mass is 9.78. The number of carboxylic acid groups (broad SMARTS) is 1. The van der Waals surface area contributed by atoms with Crippen LogP contribution >= 0.6 is 23.2 Å². The van der Waals surface area contributed by atoms with Crippen LogP contribution in [0, 0.1) is 34.9 Å². The van der Waals surface area contributed by atoms with Gasteiger partial charge in [0.1, 0.15) is 5.82 Å². The summed E-state index contributed by atoms with van der Waals surface area (Å²) < 4.78 is 58.8. The highest BCUT2D eigenvalue weighted by Gasteiger charge is 2.63. The van der Waals surface area contributed by atoms with Crippen molar-refractivity contribution in [2.45, 2.75) is 77.2 Å². The third-order valence-electron chi connectivity index (χ3n) is 9.92. The molecule has 1 heterocycles. The van der Waals surface area contributed by atoms with Gasteiger partial charge < -0.3 is 15.1 Å². The van der Waals surface area contributed by atoms with Crippen LogP contribution in [-0.2, 0) is 11.0 Å². The molecule has 3 aliphatic carbocycles. The van der Waals surface area contributed by atoms with E-state index in [9.17, 15) is 37.4 Å². The molecule has 3 aliphatic rings. The van der Waals surface area contributed by atoms with Gasteiger partial charge in [0.15, 0.2) is 5.69 Å². The normalized spacial score (nSPS) is 29.2. The Morgan fingerprint density at radius 2 is 1.81 bits per heavy atom. The predicted octanol–water partition coefficient (Wildman–Crippen LogP) is 7.02. The summed E-state index contributed by atoms with van der Waals surface area (Å²) in [6, 6.07) is 1.05. The Morgan fingerprint density at radius 1 is 1.17 bits per heavy atom. The topological polar surface area (TPSA) is 95.7 Å². The molecule has 1 aromatic heterocycles. The minimum atomic E-state index is -4.94. The standard InChI is InChI=1S/C29H33Cl2F4N3O4/c1-13-8-14(4-5-16(13)27(41)42)38-25(29(33,34)35)17(11-36-38)26(40)37(15-9-18-19(10-15)28(18,2)3)12-22(39)23-20(30)6-7-21(32)24(23)31/h6-7,11,13-16,18-19,22,39H,4-5,8-10,12H2,1-3H3,(H,41,42)/t13?,14?,15?,16?,18-,19+,22?. The van der Waals surface area contributed by atoms with E-state index in [4.69, 9.17) is 23.2 Å². The molecule has 7 atom stereocenters.